The molecule has 0 saturated heterocycles. The fourth-order valence-electron chi connectivity index (χ4n) is 2.25. The molecule has 0 aliphatic heterocycles. The van der Waals surface area contributed by atoms with Crippen molar-refractivity contribution < 1.29 is 18.3 Å². The van der Waals surface area contributed by atoms with E-state index in [9.17, 15) is 13.6 Å². The van der Waals surface area contributed by atoms with Gasteiger partial charge in [-0.05, 0) is 37.0 Å². The second-order valence-corrected chi connectivity index (χ2v) is 4.73. The van der Waals surface area contributed by atoms with Crippen molar-refractivity contribution in [2.75, 3.05) is 6.61 Å². The summed E-state index contributed by atoms with van der Waals surface area (Å²) in [6.07, 6.45) is 5.74. The molecular formula is C14H16F2O2. The molecular weight excluding hydrogens is 238 g/mol. The lowest BCUT2D eigenvalue weighted by Crippen LogP contribution is -2.17. The van der Waals surface area contributed by atoms with Gasteiger partial charge in [0, 0.05) is 0 Å². The van der Waals surface area contributed by atoms with Gasteiger partial charge in [0.15, 0.2) is 11.6 Å². The molecule has 18 heavy (non-hydrogen) atoms. The van der Waals surface area contributed by atoms with Crippen LogP contribution in [0.3, 0.4) is 0 Å². The predicted octanol–water partition coefficient (Wildman–Crippen LogP) is 3.70. The number of benzene rings is 1. The SMILES string of the molecule is O=C(OCC1CCCCC1)c1ccc(F)c(F)c1. The normalized spacial score (nSPS) is 16.6. The standard InChI is InChI=1S/C14H16F2O2/c15-12-7-6-11(8-13(12)16)14(17)18-9-10-4-2-1-3-5-10/h6-8,10H,1-5,9H2. The molecule has 2 nitrogen and oxygen atoms in total. The van der Waals surface area contributed by atoms with Gasteiger partial charge in [-0.25, -0.2) is 13.6 Å². The zero-order chi connectivity index (χ0) is 13.0. The van der Waals surface area contributed by atoms with E-state index in [1.165, 1.54) is 25.3 Å². The first-order chi connectivity index (χ1) is 8.66. The highest BCUT2D eigenvalue weighted by Gasteiger charge is 2.17. The summed E-state index contributed by atoms with van der Waals surface area (Å²) in [5.74, 6) is -2.16. The zero-order valence-corrected chi connectivity index (χ0v) is 10.1. The molecule has 0 radical (unpaired) electrons. The van der Waals surface area contributed by atoms with Gasteiger partial charge in [-0.3, -0.25) is 0 Å². The van der Waals surface area contributed by atoms with Crippen molar-refractivity contribution in [1.29, 1.82) is 0 Å². The molecule has 0 aromatic heterocycles. The van der Waals surface area contributed by atoms with E-state index in [-0.39, 0.29) is 5.56 Å². The Morgan fingerprint density at radius 2 is 1.89 bits per heavy atom. The lowest BCUT2D eigenvalue weighted by atomic mass is 9.90. The van der Waals surface area contributed by atoms with E-state index in [2.05, 4.69) is 0 Å². The second-order valence-electron chi connectivity index (χ2n) is 4.73. The van der Waals surface area contributed by atoms with Crippen molar-refractivity contribution >= 4 is 5.97 Å². The molecule has 98 valence electrons. The summed E-state index contributed by atoms with van der Waals surface area (Å²) in [5, 5.41) is 0. The predicted molar refractivity (Wildman–Crippen MR) is 63.2 cm³/mol. The van der Waals surface area contributed by atoms with Crippen LogP contribution in [0, 0.1) is 17.6 Å². The Kier molecular flexibility index (Phi) is 4.28. The largest absolute Gasteiger partial charge is 0.462 e. The molecule has 0 unspecified atom stereocenters. The summed E-state index contributed by atoms with van der Waals surface area (Å²) in [4.78, 5) is 11.6. The van der Waals surface area contributed by atoms with Gasteiger partial charge in [-0.15, -0.1) is 0 Å². The number of carbonyl (C=O) groups is 1. The molecule has 0 N–H and O–H groups in total. The molecule has 4 heteroatoms. The van der Waals surface area contributed by atoms with Crippen molar-refractivity contribution in [3.63, 3.8) is 0 Å². The third-order valence-corrected chi connectivity index (χ3v) is 3.33. The van der Waals surface area contributed by atoms with Crippen molar-refractivity contribution in [3.8, 4) is 0 Å². The number of hydrogen-bond donors (Lipinski definition) is 0. The smallest absolute Gasteiger partial charge is 0.338 e. The third kappa shape index (κ3) is 3.28. The van der Waals surface area contributed by atoms with E-state index in [0.717, 1.165) is 25.0 Å². The second kappa shape index (κ2) is 5.94. The third-order valence-electron chi connectivity index (χ3n) is 3.33. The molecule has 0 amide bonds. The highest BCUT2D eigenvalue weighted by molar-refractivity contribution is 5.89. The van der Waals surface area contributed by atoms with Crippen LogP contribution in [0.1, 0.15) is 42.5 Å². The molecule has 0 bridgehead atoms. The molecule has 0 heterocycles. The Balaban J connectivity index is 1.88. The first-order valence-corrected chi connectivity index (χ1v) is 6.29. The molecule has 0 spiro atoms. The zero-order valence-electron chi connectivity index (χ0n) is 10.1. The van der Waals surface area contributed by atoms with Crippen LogP contribution in [0.5, 0.6) is 0 Å². The van der Waals surface area contributed by atoms with Gasteiger partial charge >= 0.3 is 5.97 Å². The Morgan fingerprint density at radius 3 is 2.56 bits per heavy atom. The first kappa shape index (κ1) is 13.0. The van der Waals surface area contributed by atoms with Crippen LogP contribution in [0.4, 0.5) is 8.78 Å². The van der Waals surface area contributed by atoms with Gasteiger partial charge in [0.05, 0.1) is 12.2 Å². The highest BCUT2D eigenvalue weighted by Crippen LogP contribution is 2.24. The molecule has 0 atom stereocenters. The minimum Gasteiger partial charge on any atom is -0.462 e. The van der Waals surface area contributed by atoms with E-state index < -0.39 is 17.6 Å². The summed E-state index contributed by atoms with van der Waals surface area (Å²) in [6.45, 7) is 0.373. The summed E-state index contributed by atoms with van der Waals surface area (Å²) in [7, 11) is 0. The molecule has 1 aromatic rings. The van der Waals surface area contributed by atoms with Crippen molar-refractivity contribution in [1.82, 2.24) is 0 Å². The maximum absolute atomic E-state index is 13.0. The van der Waals surface area contributed by atoms with Gasteiger partial charge in [0.2, 0.25) is 0 Å². The Bertz CT molecular complexity index is 426. The number of esters is 1. The summed E-state index contributed by atoms with van der Waals surface area (Å²) >= 11 is 0. The van der Waals surface area contributed by atoms with Crippen LogP contribution in [-0.4, -0.2) is 12.6 Å². The fourth-order valence-corrected chi connectivity index (χ4v) is 2.25. The van der Waals surface area contributed by atoms with Gasteiger partial charge in [-0.2, -0.15) is 0 Å². The molecule has 1 fully saturated rings. The van der Waals surface area contributed by atoms with Crippen LogP contribution >= 0.6 is 0 Å². The molecule has 1 aliphatic carbocycles. The average molecular weight is 254 g/mol. The molecule has 1 aliphatic rings. The summed E-state index contributed by atoms with van der Waals surface area (Å²) < 4.78 is 30.8. The minimum atomic E-state index is -1.03. The lowest BCUT2D eigenvalue weighted by molar-refractivity contribution is 0.0409. The van der Waals surface area contributed by atoms with E-state index in [4.69, 9.17) is 4.74 Å². The van der Waals surface area contributed by atoms with Crippen LogP contribution in [-0.2, 0) is 4.74 Å². The van der Waals surface area contributed by atoms with Crippen LogP contribution in [0.15, 0.2) is 18.2 Å². The van der Waals surface area contributed by atoms with E-state index in [1.54, 1.807) is 0 Å². The van der Waals surface area contributed by atoms with E-state index >= 15 is 0 Å². The topological polar surface area (TPSA) is 26.3 Å². The highest BCUT2D eigenvalue weighted by atomic mass is 19.2. The van der Waals surface area contributed by atoms with E-state index in [1.807, 2.05) is 0 Å². The number of ether oxygens (including phenoxy) is 1. The van der Waals surface area contributed by atoms with Gasteiger partial charge in [-0.1, -0.05) is 19.3 Å². The minimum absolute atomic E-state index is 0.0599. The number of hydrogen-bond acceptors (Lipinski definition) is 2. The van der Waals surface area contributed by atoms with Gasteiger partial charge < -0.3 is 4.74 Å². The number of rotatable bonds is 3. The average Bonchev–Trinajstić information content (AvgIpc) is 2.40. The fraction of sp³-hybridized carbons (Fsp3) is 0.500. The van der Waals surface area contributed by atoms with E-state index in [0.29, 0.717) is 12.5 Å². The van der Waals surface area contributed by atoms with Crippen LogP contribution in [0.25, 0.3) is 0 Å². The molecule has 2 rings (SSSR count). The van der Waals surface area contributed by atoms with Crippen LogP contribution < -0.4 is 0 Å². The summed E-state index contributed by atoms with van der Waals surface area (Å²) in [5.41, 5.74) is 0.0599. The Hall–Kier alpha value is -1.45. The Labute approximate surface area is 105 Å². The number of carbonyl (C=O) groups excluding carboxylic acids is 1. The first-order valence-electron chi connectivity index (χ1n) is 6.29. The van der Waals surface area contributed by atoms with Crippen molar-refractivity contribution in [2.24, 2.45) is 5.92 Å². The molecule has 1 aromatic carbocycles. The quantitative estimate of drug-likeness (QED) is 0.769. The molecule has 1 saturated carbocycles. The van der Waals surface area contributed by atoms with Crippen molar-refractivity contribution in [2.45, 2.75) is 32.1 Å². The lowest BCUT2D eigenvalue weighted by Gasteiger charge is -2.21. The van der Waals surface area contributed by atoms with Gasteiger partial charge in [0.25, 0.3) is 0 Å². The Morgan fingerprint density at radius 1 is 1.17 bits per heavy atom. The van der Waals surface area contributed by atoms with Gasteiger partial charge in [0.1, 0.15) is 0 Å². The van der Waals surface area contributed by atoms with Crippen LogP contribution in [0.2, 0.25) is 0 Å². The number of halogens is 2. The monoisotopic (exact) mass is 254 g/mol. The maximum Gasteiger partial charge on any atom is 0.338 e. The maximum atomic E-state index is 13.0. The van der Waals surface area contributed by atoms with Crippen molar-refractivity contribution in [3.05, 3.63) is 35.4 Å². The summed E-state index contributed by atoms with van der Waals surface area (Å²) in [6, 6.07) is 3.05.